The number of aromatic nitrogens is 5. The Hall–Kier alpha value is -3.17. The molecular weight excluding hydrogens is 337 g/mol. The Balaban J connectivity index is 1.70. The third kappa shape index (κ3) is 3.67. The van der Waals surface area contributed by atoms with Gasteiger partial charge in [0, 0.05) is 30.2 Å². The molecule has 0 fully saturated rings. The number of hydrogen-bond donors (Lipinski definition) is 2. The van der Waals surface area contributed by atoms with Crippen molar-refractivity contribution in [3.8, 4) is 11.3 Å². The fourth-order valence-electron chi connectivity index (χ4n) is 2.12. The largest absolute Gasteiger partial charge is 0.435 e. The molecule has 0 radical (unpaired) electrons. The zero-order valence-electron chi connectivity index (χ0n) is 12.9. The van der Waals surface area contributed by atoms with Crippen molar-refractivity contribution in [1.82, 2.24) is 25.0 Å². The average Bonchev–Trinajstić information content (AvgIpc) is 3.24. The van der Waals surface area contributed by atoms with Gasteiger partial charge in [-0.15, -0.1) is 0 Å². The molecule has 130 valence electrons. The number of anilines is 1. The standard InChI is InChI=1S/C15H13F3N6O/c1-9(24-7-4-12(23-24)15(16,17)18)14(25)20-13-8-11(21-22-13)10-2-5-19-6-3-10/h2-9H,1H3,(H2,20,21,22,25)/t9-/m1/s1. The summed E-state index contributed by atoms with van der Waals surface area (Å²) >= 11 is 0. The summed E-state index contributed by atoms with van der Waals surface area (Å²) in [5, 5.41) is 12.7. The Morgan fingerprint density at radius 3 is 2.64 bits per heavy atom. The summed E-state index contributed by atoms with van der Waals surface area (Å²) in [6.07, 6.45) is -0.206. The van der Waals surface area contributed by atoms with Crippen LogP contribution in [-0.2, 0) is 11.0 Å². The lowest BCUT2D eigenvalue weighted by Crippen LogP contribution is -2.24. The summed E-state index contributed by atoms with van der Waals surface area (Å²) in [6, 6.07) is 5.04. The van der Waals surface area contributed by atoms with Gasteiger partial charge in [0.2, 0.25) is 5.91 Å². The Bertz CT molecular complexity index is 871. The van der Waals surface area contributed by atoms with Crippen LogP contribution in [0.25, 0.3) is 11.3 Å². The number of amides is 1. The summed E-state index contributed by atoms with van der Waals surface area (Å²) in [5.41, 5.74) is 0.452. The van der Waals surface area contributed by atoms with E-state index < -0.39 is 23.8 Å². The lowest BCUT2D eigenvalue weighted by molar-refractivity contribution is -0.141. The molecule has 0 aliphatic rings. The SMILES string of the molecule is C[C@H](C(=O)Nc1cc(-c2ccncc2)[nH]n1)n1ccc(C(F)(F)F)n1. The molecule has 1 amide bonds. The van der Waals surface area contributed by atoms with Crippen molar-refractivity contribution in [2.45, 2.75) is 19.1 Å². The summed E-state index contributed by atoms with van der Waals surface area (Å²) in [5.74, 6) is -0.281. The van der Waals surface area contributed by atoms with Gasteiger partial charge in [-0.3, -0.25) is 19.6 Å². The van der Waals surface area contributed by atoms with Crippen LogP contribution in [0, 0.1) is 0 Å². The van der Waals surface area contributed by atoms with E-state index in [0.717, 1.165) is 22.5 Å². The van der Waals surface area contributed by atoms with Gasteiger partial charge >= 0.3 is 6.18 Å². The molecule has 0 saturated heterocycles. The van der Waals surface area contributed by atoms with Crippen LogP contribution in [0.3, 0.4) is 0 Å². The van der Waals surface area contributed by atoms with Crippen LogP contribution in [0.5, 0.6) is 0 Å². The summed E-state index contributed by atoms with van der Waals surface area (Å²) in [7, 11) is 0. The Morgan fingerprint density at radius 2 is 2.00 bits per heavy atom. The van der Waals surface area contributed by atoms with Crippen molar-refractivity contribution in [1.29, 1.82) is 0 Å². The highest BCUT2D eigenvalue weighted by atomic mass is 19.4. The van der Waals surface area contributed by atoms with Crippen molar-refractivity contribution < 1.29 is 18.0 Å². The topological polar surface area (TPSA) is 88.5 Å². The molecule has 3 aromatic heterocycles. The second-order valence-corrected chi connectivity index (χ2v) is 5.25. The van der Waals surface area contributed by atoms with E-state index in [1.54, 1.807) is 30.6 Å². The number of hydrogen-bond acceptors (Lipinski definition) is 4. The maximum Gasteiger partial charge on any atom is 0.435 e. The van der Waals surface area contributed by atoms with Gasteiger partial charge in [0.1, 0.15) is 6.04 Å². The van der Waals surface area contributed by atoms with Crippen LogP contribution in [0.1, 0.15) is 18.7 Å². The molecule has 0 aliphatic carbocycles. The van der Waals surface area contributed by atoms with Crippen LogP contribution in [0.2, 0.25) is 0 Å². The van der Waals surface area contributed by atoms with Gasteiger partial charge < -0.3 is 5.32 Å². The maximum atomic E-state index is 12.6. The highest BCUT2D eigenvalue weighted by molar-refractivity contribution is 5.93. The first kappa shape index (κ1) is 16.7. The molecule has 0 unspecified atom stereocenters. The molecule has 7 nitrogen and oxygen atoms in total. The molecular formula is C15H13F3N6O. The Labute approximate surface area is 139 Å². The number of halogens is 3. The highest BCUT2D eigenvalue weighted by Gasteiger charge is 2.34. The molecule has 10 heteroatoms. The molecule has 3 heterocycles. The van der Waals surface area contributed by atoms with Crippen LogP contribution in [0.4, 0.5) is 19.0 Å². The van der Waals surface area contributed by atoms with Crippen molar-refractivity contribution in [2.75, 3.05) is 5.32 Å². The van der Waals surface area contributed by atoms with E-state index in [1.165, 1.54) is 6.92 Å². The minimum absolute atomic E-state index is 0.256. The third-order valence-electron chi connectivity index (χ3n) is 3.50. The predicted octanol–water partition coefficient (Wildman–Crippen LogP) is 2.89. The molecule has 2 N–H and O–H groups in total. The molecule has 25 heavy (non-hydrogen) atoms. The summed E-state index contributed by atoms with van der Waals surface area (Å²) in [6.45, 7) is 1.44. The summed E-state index contributed by atoms with van der Waals surface area (Å²) < 4.78 is 38.7. The number of carbonyl (C=O) groups excluding carboxylic acids is 1. The minimum atomic E-state index is -4.55. The monoisotopic (exact) mass is 350 g/mol. The first-order valence-electron chi connectivity index (χ1n) is 7.23. The number of aromatic amines is 1. The first-order valence-corrected chi connectivity index (χ1v) is 7.23. The zero-order valence-corrected chi connectivity index (χ0v) is 12.9. The molecule has 3 rings (SSSR count). The average molecular weight is 350 g/mol. The number of carbonyl (C=O) groups is 1. The van der Waals surface area contributed by atoms with E-state index in [-0.39, 0.29) is 5.82 Å². The van der Waals surface area contributed by atoms with Crippen LogP contribution in [0.15, 0.2) is 42.9 Å². The number of nitrogens with zero attached hydrogens (tertiary/aromatic N) is 4. The highest BCUT2D eigenvalue weighted by Crippen LogP contribution is 2.28. The lowest BCUT2D eigenvalue weighted by Gasteiger charge is -2.11. The van der Waals surface area contributed by atoms with E-state index in [9.17, 15) is 18.0 Å². The molecule has 3 aromatic rings. The van der Waals surface area contributed by atoms with Crippen molar-refractivity contribution in [3.63, 3.8) is 0 Å². The van der Waals surface area contributed by atoms with Gasteiger partial charge in [0.05, 0.1) is 5.69 Å². The van der Waals surface area contributed by atoms with E-state index in [4.69, 9.17) is 0 Å². The number of pyridine rings is 1. The van der Waals surface area contributed by atoms with E-state index in [0.29, 0.717) is 5.69 Å². The van der Waals surface area contributed by atoms with Gasteiger partial charge in [-0.05, 0) is 25.1 Å². The van der Waals surface area contributed by atoms with Gasteiger partial charge in [-0.25, -0.2) is 0 Å². The minimum Gasteiger partial charge on any atom is -0.307 e. The summed E-state index contributed by atoms with van der Waals surface area (Å²) in [4.78, 5) is 16.1. The second-order valence-electron chi connectivity index (χ2n) is 5.25. The van der Waals surface area contributed by atoms with Crippen molar-refractivity contribution in [2.24, 2.45) is 0 Å². The van der Waals surface area contributed by atoms with Gasteiger partial charge in [0.25, 0.3) is 0 Å². The number of rotatable bonds is 4. The fraction of sp³-hybridized carbons (Fsp3) is 0.200. The number of nitrogens with one attached hydrogen (secondary N) is 2. The zero-order chi connectivity index (χ0) is 18.0. The fourth-order valence-corrected chi connectivity index (χ4v) is 2.12. The lowest BCUT2D eigenvalue weighted by atomic mass is 10.2. The molecule has 0 saturated carbocycles. The molecule has 0 bridgehead atoms. The molecule has 1 atom stereocenters. The molecule has 0 aliphatic heterocycles. The van der Waals surface area contributed by atoms with Gasteiger partial charge in [-0.2, -0.15) is 23.4 Å². The van der Waals surface area contributed by atoms with Crippen LogP contribution >= 0.6 is 0 Å². The predicted molar refractivity (Wildman–Crippen MR) is 82.4 cm³/mol. The first-order chi connectivity index (χ1) is 11.8. The van der Waals surface area contributed by atoms with E-state index in [2.05, 4.69) is 25.6 Å². The Kier molecular flexibility index (Phi) is 4.26. The van der Waals surface area contributed by atoms with Crippen molar-refractivity contribution in [3.05, 3.63) is 48.5 Å². The van der Waals surface area contributed by atoms with Crippen LogP contribution in [-0.4, -0.2) is 30.9 Å². The Morgan fingerprint density at radius 1 is 1.28 bits per heavy atom. The van der Waals surface area contributed by atoms with E-state index in [1.807, 2.05) is 0 Å². The number of H-pyrrole nitrogens is 1. The molecule has 0 aromatic carbocycles. The van der Waals surface area contributed by atoms with Crippen LogP contribution < -0.4 is 5.32 Å². The third-order valence-corrected chi connectivity index (χ3v) is 3.50. The van der Waals surface area contributed by atoms with Gasteiger partial charge in [-0.1, -0.05) is 0 Å². The smallest absolute Gasteiger partial charge is 0.307 e. The number of alkyl halides is 3. The van der Waals surface area contributed by atoms with E-state index >= 15 is 0 Å². The van der Waals surface area contributed by atoms with Crippen molar-refractivity contribution >= 4 is 11.7 Å². The normalized spacial score (nSPS) is 12.8. The second kappa shape index (κ2) is 6.38. The van der Waals surface area contributed by atoms with Gasteiger partial charge in [0.15, 0.2) is 11.5 Å². The quantitative estimate of drug-likeness (QED) is 0.757. The molecule has 0 spiro atoms. The maximum absolute atomic E-state index is 12.6.